The van der Waals surface area contributed by atoms with Crippen molar-refractivity contribution < 1.29 is 9.53 Å². The number of benzene rings is 1. The number of likely N-dealkylation sites (tertiary alicyclic amines) is 2. The van der Waals surface area contributed by atoms with Crippen molar-refractivity contribution in [3.05, 3.63) is 30.0 Å². The van der Waals surface area contributed by atoms with E-state index < -0.39 is 0 Å². The highest BCUT2D eigenvalue weighted by Gasteiger charge is 2.44. The SMILES string of the molecule is CN1C[C@@H]2C[C@H]1CN2C(=O)n1ncc2ccc(C3CCOCC3)cc21. The summed E-state index contributed by atoms with van der Waals surface area (Å²) in [5, 5.41) is 5.45. The second-order valence-electron chi connectivity index (χ2n) is 7.68. The van der Waals surface area contributed by atoms with Gasteiger partial charge in [-0.1, -0.05) is 12.1 Å². The van der Waals surface area contributed by atoms with E-state index in [-0.39, 0.29) is 6.03 Å². The van der Waals surface area contributed by atoms with Gasteiger partial charge in [0.2, 0.25) is 0 Å². The molecular formula is C19H24N4O2. The molecule has 1 aromatic carbocycles. The quantitative estimate of drug-likeness (QED) is 0.799. The summed E-state index contributed by atoms with van der Waals surface area (Å²) in [5.74, 6) is 0.521. The maximum absolute atomic E-state index is 13.1. The van der Waals surface area contributed by atoms with Gasteiger partial charge < -0.3 is 9.64 Å². The molecule has 25 heavy (non-hydrogen) atoms. The Labute approximate surface area is 147 Å². The van der Waals surface area contributed by atoms with Gasteiger partial charge >= 0.3 is 6.03 Å². The average molecular weight is 340 g/mol. The molecule has 0 unspecified atom stereocenters. The summed E-state index contributed by atoms with van der Waals surface area (Å²) in [5.41, 5.74) is 2.23. The molecule has 3 fully saturated rings. The number of piperazine rings is 1. The van der Waals surface area contributed by atoms with Gasteiger partial charge in [0, 0.05) is 43.8 Å². The van der Waals surface area contributed by atoms with Crippen LogP contribution in [0.3, 0.4) is 0 Å². The van der Waals surface area contributed by atoms with E-state index >= 15 is 0 Å². The molecule has 3 aliphatic rings. The fourth-order valence-corrected chi connectivity index (χ4v) is 4.69. The van der Waals surface area contributed by atoms with E-state index in [4.69, 9.17) is 4.74 Å². The van der Waals surface area contributed by atoms with Crippen LogP contribution in [0.15, 0.2) is 24.4 Å². The van der Waals surface area contributed by atoms with Crippen LogP contribution in [-0.4, -0.2) is 71.0 Å². The van der Waals surface area contributed by atoms with Crippen molar-refractivity contribution >= 4 is 16.9 Å². The van der Waals surface area contributed by atoms with Gasteiger partial charge in [0.05, 0.1) is 11.7 Å². The maximum atomic E-state index is 13.1. The molecule has 2 atom stereocenters. The molecule has 0 saturated carbocycles. The Morgan fingerprint density at radius 2 is 2.04 bits per heavy atom. The van der Waals surface area contributed by atoms with Gasteiger partial charge in [-0.15, -0.1) is 0 Å². The number of aromatic nitrogens is 2. The van der Waals surface area contributed by atoms with E-state index in [0.717, 1.165) is 56.5 Å². The van der Waals surface area contributed by atoms with Crippen molar-refractivity contribution in [2.45, 2.75) is 37.3 Å². The van der Waals surface area contributed by atoms with Crippen LogP contribution >= 0.6 is 0 Å². The van der Waals surface area contributed by atoms with Crippen molar-refractivity contribution in [1.29, 1.82) is 0 Å². The van der Waals surface area contributed by atoms with Crippen LogP contribution in [0.4, 0.5) is 4.79 Å². The van der Waals surface area contributed by atoms with Gasteiger partial charge in [0.1, 0.15) is 0 Å². The van der Waals surface area contributed by atoms with Crippen molar-refractivity contribution in [3.8, 4) is 0 Å². The lowest BCUT2D eigenvalue weighted by Crippen LogP contribution is -2.48. The monoisotopic (exact) mass is 340 g/mol. The number of rotatable bonds is 1. The smallest absolute Gasteiger partial charge is 0.345 e. The molecule has 0 N–H and O–H groups in total. The molecular weight excluding hydrogens is 316 g/mol. The summed E-state index contributed by atoms with van der Waals surface area (Å²) in [6.45, 7) is 3.44. The number of amides is 1. The van der Waals surface area contributed by atoms with E-state index in [9.17, 15) is 4.79 Å². The predicted octanol–water partition coefficient (Wildman–Crippen LogP) is 2.29. The van der Waals surface area contributed by atoms with E-state index in [1.807, 2.05) is 4.90 Å². The number of fused-ring (bicyclic) bond motifs is 3. The zero-order valence-corrected chi connectivity index (χ0v) is 14.6. The van der Waals surface area contributed by atoms with Crippen LogP contribution in [0.25, 0.3) is 10.9 Å². The van der Waals surface area contributed by atoms with Gasteiger partial charge in [0.15, 0.2) is 0 Å². The second-order valence-corrected chi connectivity index (χ2v) is 7.68. The Bertz CT molecular complexity index is 809. The van der Waals surface area contributed by atoms with E-state index in [1.54, 1.807) is 10.9 Å². The number of carbonyl (C=O) groups excluding carboxylic acids is 1. The van der Waals surface area contributed by atoms with Crippen LogP contribution in [0.5, 0.6) is 0 Å². The van der Waals surface area contributed by atoms with Gasteiger partial charge in [0.25, 0.3) is 0 Å². The first-order valence-electron chi connectivity index (χ1n) is 9.27. The zero-order chi connectivity index (χ0) is 17.0. The largest absolute Gasteiger partial charge is 0.381 e. The fraction of sp³-hybridized carbons (Fsp3) is 0.579. The van der Waals surface area contributed by atoms with E-state index in [2.05, 4.69) is 35.2 Å². The second kappa shape index (κ2) is 5.81. The number of hydrogen-bond donors (Lipinski definition) is 0. The summed E-state index contributed by atoms with van der Waals surface area (Å²) in [4.78, 5) is 17.5. The Balaban J connectivity index is 1.46. The van der Waals surface area contributed by atoms with Crippen molar-refractivity contribution in [1.82, 2.24) is 19.6 Å². The average Bonchev–Trinajstić information content (AvgIpc) is 3.34. The third-order valence-corrected chi connectivity index (χ3v) is 6.23. The minimum absolute atomic E-state index is 0.0275. The summed E-state index contributed by atoms with van der Waals surface area (Å²) in [7, 11) is 2.15. The van der Waals surface area contributed by atoms with E-state index in [0.29, 0.717) is 18.0 Å². The number of likely N-dealkylation sites (N-methyl/N-ethyl adjacent to an activating group) is 1. The fourth-order valence-electron chi connectivity index (χ4n) is 4.69. The third kappa shape index (κ3) is 2.47. The molecule has 0 spiro atoms. The highest BCUT2D eigenvalue weighted by molar-refractivity contribution is 5.90. The highest BCUT2D eigenvalue weighted by atomic mass is 16.5. The van der Waals surface area contributed by atoms with Crippen molar-refractivity contribution in [3.63, 3.8) is 0 Å². The summed E-state index contributed by atoms with van der Waals surface area (Å²) in [6, 6.07) is 7.31. The lowest BCUT2D eigenvalue weighted by molar-refractivity contribution is 0.0853. The first-order chi connectivity index (χ1) is 12.2. The molecule has 4 heterocycles. The lowest BCUT2D eigenvalue weighted by Gasteiger charge is -2.31. The predicted molar refractivity (Wildman–Crippen MR) is 94.9 cm³/mol. The van der Waals surface area contributed by atoms with Gasteiger partial charge in [-0.2, -0.15) is 9.78 Å². The topological polar surface area (TPSA) is 50.6 Å². The summed E-state index contributed by atoms with van der Waals surface area (Å²) in [6.07, 6.45) is 5.00. The molecule has 6 heteroatoms. The van der Waals surface area contributed by atoms with Crippen LogP contribution in [-0.2, 0) is 4.74 Å². The first-order valence-corrected chi connectivity index (χ1v) is 9.27. The van der Waals surface area contributed by atoms with Crippen LogP contribution < -0.4 is 0 Å². The van der Waals surface area contributed by atoms with Gasteiger partial charge in [-0.25, -0.2) is 4.79 Å². The van der Waals surface area contributed by atoms with Crippen molar-refractivity contribution in [2.75, 3.05) is 33.4 Å². The Morgan fingerprint density at radius 3 is 2.76 bits per heavy atom. The first kappa shape index (κ1) is 15.3. The Morgan fingerprint density at radius 1 is 1.20 bits per heavy atom. The van der Waals surface area contributed by atoms with Gasteiger partial charge in [-0.3, -0.25) is 4.90 Å². The van der Waals surface area contributed by atoms with Crippen LogP contribution in [0, 0.1) is 0 Å². The number of carbonyl (C=O) groups is 1. The molecule has 2 bridgehead atoms. The maximum Gasteiger partial charge on any atom is 0.345 e. The molecule has 1 amide bonds. The molecule has 3 aliphatic heterocycles. The zero-order valence-electron chi connectivity index (χ0n) is 14.6. The van der Waals surface area contributed by atoms with Crippen LogP contribution in [0.1, 0.15) is 30.7 Å². The minimum Gasteiger partial charge on any atom is -0.381 e. The number of hydrogen-bond acceptors (Lipinski definition) is 4. The molecule has 5 rings (SSSR count). The van der Waals surface area contributed by atoms with Crippen molar-refractivity contribution in [2.24, 2.45) is 0 Å². The molecule has 6 nitrogen and oxygen atoms in total. The summed E-state index contributed by atoms with van der Waals surface area (Å²) >= 11 is 0. The lowest BCUT2D eigenvalue weighted by atomic mass is 9.91. The van der Waals surface area contributed by atoms with E-state index in [1.165, 1.54) is 5.56 Å². The molecule has 132 valence electrons. The summed E-state index contributed by atoms with van der Waals surface area (Å²) < 4.78 is 7.09. The molecule has 2 aromatic rings. The Kier molecular flexibility index (Phi) is 3.57. The number of nitrogens with zero attached hydrogens (tertiary/aromatic N) is 4. The molecule has 3 saturated heterocycles. The molecule has 0 radical (unpaired) electrons. The Hall–Kier alpha value is -1.92. The number of ether oxygens (including phenoxy) is 1. The molecule has 0 aliphatic carbocycles. The minimum atomic E-state index is 0.0275. The van der Waals surface area contributed by atoms with Crippen LogP contribution in [0.2, 0.25) is 0 Å². The normalized spacial score (nSPS) is 27.5. The highest BCUT2D eigenvalue weighted by Crippen LogP contribution is 2.32. The molecule has 1 aromatic heterocycles. The standard InChI is InChI=1S/C19H24N4O2/c1-21-11-17-9-16(21)12-22(17)19(24)23-18-8-14(2-3-15(18)10-20-23)13-4-6-25-7-5-13/h2-3,8,10,13,16-17H,4-7,9,11-12H2,1H3/t16-,17-/m0/s1. The van der Waals surface area contributed by atoms with Gasteiger partial charge in [-0.05, 0) is 43.9 Å². The third-order valence-electron chi connectivity index (χ3n) is 6.23.